The van der Waals surface area contributed by atoms with Crippen molar-refractivity contribution in [3.8, 4) is 5.75 Å². The highest BCUT2D eigenvalue weighted by molar-refractivity contribution is 7.80. The zero-order valence-corrected chi connectivity index (χ0v) is 10.8. The molecule has 6 heteroatoms. The van der Waals surface area contributed by atoms with Crippen LogP contribution >= 0.6 is 12.2 Å². The zero-order chi connectivity index (χ0) is 13.7. The van der Waals surface area contributed by atoms with Crippen LogP contribution in [0, 0.1) is 5.82 Å². The van der Waals surface area contributed by atoms with Crippen LogP contribution < -0.4 is 11.1 Å². The number of hydrogen-bond acceptors (Lipinski definition) is 3. The molecule has 98 valence electrons. The largest absolute Gasteiger partial charge is 0.508 e. The number of benzene rings is 1. The lowest BCUT2D eigenvalue weighted by molar-refractivity contribution is 0.0933. The Balaban J connectivity index is 2.77. The highest BCUT2D eigenvalue weighted by Gasteiger charge is 2.16. The molecule has 0 radical (unpaired) electrons. The van der Waals surface area contributed by atoms with Crippen LogP contribution in [0.25, 0.3) is 0 Å². The molecule has 1 atom stereocenters. The molecule has 0 aliphatic rings. The third-order valence-electron chi connectivity index (χ3n) is 2.47. The molecule has 1 unspecified atom stereocenters. The van der Waals surface area contributed by atoms with Crippen molar-refractivity contribution in [1.82, 2.24) is 5.32 Å². The van der Waals surface area contributed by atoms with E-state index in [-0.39, 0.29) is 17.4 Å². The van der Waals surface area contributed by atoms with E-state index in [9.17, 15) is 9.18 Å². The van der Waals surface area contributed by atoms with Gasteiger partial charge in [-0.3, -0.25) is 4.79 Å². The number of phenols is 1. The normalized spacial score (nSPS) is 11.9. The lowest BCUT2D eigenvalue weighted by Crippen LogP contribution is -2.37. The van der Waals surface area contributed by atoms with E-state index in [1.807, 2.05) is 6.92 Å². The molecule has 0 aliphatic carbocycles. The van der Waals surface area contributed by atoms with Gasteiger partial charge in [-0.2, -0.15) is 0 Å². The second-order valence-electron chi connectivity index (χ2n) is 3.91. The Morgan fingerprint density at radius 2 is 2.28 bits per heavy atom. The third kappa shape index (κ3) is 3.96. The smallest absolute Gasteiger partial charge is 0.254 e. The summed E-state index contributed by atoms with van der Waals surface area (Å²) in [5.41, 5.74) is 5.29. The van der Waals surface area contributed by atoms with Crippen molar-refractivity contribution in [3.05, 3.63) is 29.6 Å². The fourth-order valence-electron chi connectivity index (χ4n) is 1.49. The van der Waals surface area contributed by atoms with Crippen LogP contribution in [0.3, 0.4) is 0 Å². The van der Waals surface area contributed by atoms with Crippen LogP contribution in [-0.2, 0) is 0 Å². The van der Waals surface area contributed by atoms with Gasteiger partial charge in [0.25, 0.3) is 5.91 Å². The fraction of sp³-hybridized carbons (Fsp3) is 0.333. The maximum absolute atomic E-state index is 13.4. The molecule has 4 N–H and O–H groups in total. The number of rotatable bonds is 5. The van der Waals surface area contributed by atoms with Gasteiger partial charge in [0.1, 0.15) is 11.6 Å². The Morgan fingerprint density at radius 3 is 2.78 bits per heavy atom. The van der Waals surface area contributed by atoms with Gasteiger partial charge >= 0.3 is 0 Å². The average molecular weight is 270 g/mol. The molecule has 0 fully saturated rings. The molecule has 1 aromatic carbocycles. The van der Waals surface area contributed by atoms with E-state index in [1.54, 1.807) is 0 Å². The first-order valence-corrected chi connectivity index (χ1v) is 5.92. The summed E-state index contributed by atoms with van der Waals surface area (Å²) < 4.78 is 13.4. The van der Waals surface area contributed by atoms with Crippen molar-refractivity contribution in [2.24, 2.45) is 5.73 Å². The summed E-state index contributed by atoms with van der Waals surface area (Å²) in [5.74, 6) is -1.53. The second-order valence-corrected chi connectivity index (χ2v) is 4.44. The van der Waals surface area contributed by atoms with E-state index in [0.717, 1.165) is 6.07 Å². The van der Waals surface area contributed by atoms with Gasteiger partial charge in [-0.1, -0.05) is 19.1 Å². The molecular formula is C12H15FN2O2S. The number of carbonyl (C=O) groups is 1. The molecule has 1 amide bonds. The van der Waals surface area contributed by atoms with Crippen LogP contribution in [0.1, 0.15) is 30.1 Å². The van der Waals surface area contributed by atoms with Crippen LogP contribution in [-0.4, -0.2) is 22.0 Å². The molecular weight excluding hydrogens is 255 g/mol. The Bertz CT molecular complexity index is 465. The maximum Gasteiger partial charge on any atom is 0.254 e. The number of nitrogens with two attached hydrogens (primary N) is 1. The van der Waals surface area contributed by atoms with E-state index < -0.39 is 11.7 Å². The topological polar surface area (TPSA) is 75.3 Å². The Morgan fingerprint density at radius 1 is 1.61 bits per heavy atom. The molecule has 4 nitrogen and oxygen atoms in total. The van der Waals surface area contributed by atoms with Gasteiger partial charge in [0.05, 0.1) is 10.6 Å². The van der Waals surface area contributed by atoms with Gasteiger partial charge in [-0.05, 0) is 18.6 Å². The van der Waals surface area contributed by atoms with Crippen molar-refractivity contribution in [1.29, 1.82) is 0 Å². The monoisotopic (exact) mass is 270 g/mol. The predicted octanol–water partition coefficient (Wildman–Crippen LogP) is 1.72. The molecule has 0 heterocycles. The van der Waals surface area contributed by atoms with Gasteiger partial charge in [0.15, 0.2) is 0 Å². The van der Waals surface area contributed by atoms with E-state index >= 15 is 0 Å². The van der Waals surface area contributed by atoms with Crippen LogP contribution in [0.5, 0.6) is 5.75 Å². The van der Waals surface area contributed by atoms with Crippen LogP contribution in [0.2, 0.25) is 0 Å². The molecule has 0 saturated carbocycles. The van der Waals surface area contributed by atoms with Crippen molar-refractivity contribution in [2.75, 3.05) is 0 Å². The molecule has 0 spiro atoms. The first-order valence-electron chi connectivity index (χ1n) is 5.51. The fourth-order valence-corrected chi connectivity index (χ4v) is 1.69. The summed E-state index contributed by atoms with van der Waals surface area (Å²) in [7, 11) is 0. The highest BCUT2D eigenvalue weighted by Crippen LogP contribution is 2.15. The molecule has 1 aromatic rings. The number of carbonyl (C=O) groups excluding carboxylic acids is 1. The number of halogens is 1. The van der Waals surface area contributed by atoms with Crippen LogP contribution in [0.15, 0.2) is 18.2 Å². The summed E-state index contributed by atoms with van der Waals surface area (Å²) in [5, 5.41) is 11.7. The van der Waals surface area contributed by atoms with Gasteiger partial charge in [0, 0.05) is 18.5 Å². The van der Waals surface area contributed by atoms with E-state index in [2.05, 4.69) is 5.32 Å². The van der Waals surface area contributed by atoms with Crippen molar-refractivity contribution in [3.63, 3.8) is 0 Å². The van der Waals surface area contributed by atoms with Gasteiger partial charge in [-0.25, -0.2) is 4.39 Å². The van der Waals surface area contributed by atoms with Crippen molar-refractivity contribution >= 4 is 23.1 Å². The Hall–Kier alpha value is -1.69. The van der Waals surface area contributed by atoms with Gasteiger partial charge in [0.2, 0.25) is 0 Å². The third-order valence-corrected chi connectivity index (χ3v) is 2.64. The van der Waals surface area contributed by atoms with Crippen molar-refractivity contribution < 1.29 is 14.3 Å². The number of nitrogens with one attached hydrogen (secondary N) is 1. The van der Waals surface area contributed by atoms with Crippen molar-refractivity contribution in [2.45, 2.75) is 25.8 Å². The van der Waals surface area contributed by atoms with E-state index in [1.165, 1.54) is 12.1 Å². The molecule has 0 saturated heterocycles. The first kappa shape index (κ1) is 14.4. The summed E-state index contributed by atoms with van der Waals surface area (Å²) in [6.45, 7) is 1.87. The lowest BCUT2D eigenvalue weighted by Gasteiger charge is -2.16. The SMILES string of the molecule is CCC(CC(N)=S)NC(=O)c1ccc(O)cc1F. The second kappa shape index (κ2) is 6.30. The number of thiocarbonyl (C=S) groups is 1. The standard InChI is InChI=1S/C12H15FN2O2S/c1-2-7(5-11(14)18)15-12(17)9-4-3-8(16)6-10(9)13/h3-4,6-7,16H,2,5H2,1H3,(H2,14,18)(H,15,17). The molecule has 0 bridgehead atoms. The molecule has 0 aromatic heterocycles. The van der Waals surface area contributed by atoms with E-state index in [0.29, 0.717) is 17.8 Å². The number of phenolic OH excluding ortho intramolecular Hbond substituents is 1. The first-order chi connectivity index (χ1) is 8.43. The minimum absolute atomic E-state index is 0.116. The molecule has 18 heavy (non-hydrogen) atoms. The van der Waals surface area contributed by atoms with Crippen LogP contribution in [0.4, 0.5) is 4.39 Å². The van der Waals surface area contributed by atoms with E-state index in [4.69, 9.17) is 23.1 Å². The zero-order valence-electron chi connectivity index (χ0n) is 9.94. The molecule has 1 rings (SSSR count). The quantitative estimate of drug-likeness (QED) is 0.712. The number of amides is 1. The van der Waals surface area contributed by atoms with Gasteiger partial charge < -0.3 is 16.2 Å². The summed E-state index contributed by atoms with van der Waals surface area (Å²) in [4.78, 5) is 12.1. The predicted molar refractivity (Wildman–Crippen MR) is 71.0 cm³/mol. The number of hydrogen-bond donors (Lipinski definition) is 3. The lowest BCUT2D eigenvalue weighted by atomic mass is 10.1. The van der Waals surface area contributed by atoms with Gasteiger partial charge in [-0.15, -0.1) is 0 Å². The minimum atomic E-state index is -0.766. The minimum Gasteiger partial charge on any atom is -0.508 e. The molecule has 0 aliphatic heterocycles. The number of aromatic hydroxyl groups is 1. The maximum atomic E-state index is 13.4. The highest BCUT2D eigenvalue weighted by atomic mass is 32.1. The summed E-state index contributed by atoms with van der Waals surface area (Å²) in [6.07, 6.45) is 1.01. The Labute approximate surface area is 110 Å². The summed E-state index contributed by atoms with van der Waals surface area (Å²) in [6, 6.07) is 3.16. The average Bonchev–Trinajstić information content (AvgIpc) is 2.27. The Kier molecular flexibility index (Phi) is 5.03. The summed E-state index contributed by atoms with van der Waals surface area (Å²) >= 11 is 4.77.